The van der Waals surface area contributed by atoms with Crippen LogP contribution in [0.3, 0.4) is 0 Å². The first-order valence-electron chi connectivity index (χ1n) is 8.29. The minimum Gasteiger partial charge on any atom is -0.311 e. The molecular weight excluding hydrogens is 218 g/mol. The van der Waals surface area contributed by atoms with Crippen molar-refractivity contribution in [2.24, 2.45) is 11.3 Å². The van der Waals surface area contributed by atoms with Crippen LogP contribution in [0.25, 0.3) is 0 Å². The Balaban J connectivity index is 1.75. The van der Waals surface area contributed by atoms with Crippen LogP contribution in [0.1, 0.15) is 85.0 Å². The van der Waals surface area contributed by atoms with E-state index >= 15 is 0 Å². The molecule has 0 amide bonds. The maximum Gasteiger partial charge on any atom is 0.00722 e. The summed E-state index contributed by atoms with van der Waals surface area (Å²) in [5, 5.41) is 3.97. The number of rotatable bonds is 3. The van der Waals surface area contributed by atoms with Gasteiger partial charge in [-0.3, -0.25) is 0 Å². The van der Waals surface area contributed by atoms with Crippen molar-refractivity contribution in [1.82, 2.24) is 5.32 Å². The number of hydrogen-bond acceptors (Lipinski definition) is 1. The lowest BCUT2D eigenvalue weighted by Crippen LogP contribution is -2.42. The summed E-state index contributed by atoms with van der Waals surface area (Å²) in [6.07, 6.45) is 14.4. The molecule has 2 rings (SSSR count). The molecule has 1 N–H and O–H groups in total. The first kappa shape index (κ1) is 14.4. The molecule has 2 fully saturated rings. The highest BCUT2D eigenvalue weighted by molar-refractivity contribution is 4.84. The third-order valence-corrected chi connectivity index (χ3v) is 4.76. The van der Waals surface area contributed by atoms with Crippen LogP contribution in [-0.2, 0) is 0 Å². The van der Waals surface area contributed by atoms with Gasteiger partial charge in [-0.15, -0.1) is 0 Å². The quantitative estimate of drug-likeness (QED) is 0.752. The van der Waals surface area contributed by atoms with Gasteiger partial charge < -0.3 is 5.32 Å². The highest BCUT2D eigenvalue weighted by atomic mass is 15.0. The van der Waals surface area contributed by atoms with Crippen molar-refractivity contribution in [2.45, 2.75) is 97.1 Å². The fourth-order valence-corrected chi connectivity index (χ4v) is 4.10. The third-order valence-electron chi connectivity index (χ3n) is 4.76. The summed E-state index contributed by atoms with van der Waals surface area (Å²) in [6, 6.07) is 1.67. The van der Waals surface area contributed by atoms with E-state index < -0.39 is 0 Å². The Morgan fingerprint density at radius 1 is 0.833 bits per heavy atom. The highest BCUT2D eigenvalue weighted by Gasteiger charge is 2.27. The van der Waals surface area contributed by atoms with Crippen LogP contribution in [0.15, 0.2) is 0 Å². The lowest BCUT2D eigenvalue weighted by molar-refractivity contribution is 0.195. The van der Waals surface area contributed by atoms with Crippen molar-refractivity contribution in [3.63, 3.8) is 0 Å². The van der Waals surface area contributed by atoms with Crippen LogP contribution in [0, 0.1) is 11.3 Å². The van der Waals surface area contributed by atoms with E-state index in [1.165, 1.54) is 64.2 Å². The fourth-order valence-electron chi connectivity index (χ4n) is 4.10. The van der Waals surface area contributed by atoms with Crippen molar-refractivity contribution in [1.29, 1.82) is 0 Å². The van der Waals surface area contributed by atoms with Gasteiger partial charge in [0, 0.05) is 12.1 Å². The number of nitrogens with one attached hydrogen (secondary N) is 1. The van der Waals surface area contributed by atoms with E-state index in [1.807, 2.05) is 0 Å². The minimum atomic E-state index is 0.511. The molecule has 2 unspecified atom stereocenters. The van der Waals surface area contributed by atoms with Crippen molar-refractivity contribution in [3.05, 3.63) is 0 Å². The van der Waals surface area contributed by atoms with Crippen molar-refractivity contribution >= 4 is 0 Å². The van der Waals surface area contributed by atoms with E-state index in [2.05, 4.69) is 26.1 Å². The average molecular weight is 251 g/mol. The van der Waals surface area contributed by atoms with Gasteiger partial charge in [0.05, 0.1) is 0 Å². The molecular formula is C17H33N. The Morgan fingerprint density at radius 2 is 1.50 bits per heavy atom. The SMILES string of the molecule is CC(C)(C)CC1CCCC(NC2CCCCC2)C1. The lowest BCUT2D eigenvalue weighted by Gasteiger charge is -2.36. The molecule has 0 saturated heterocycles. The molecule has 2 saturated carbocycles. The largest absolute Gasteiger partial charge is 0.311 e. The van der Waals surface area contributed by atoms with Gasteiger partial charge in [0.1, 0.15) is 0 Å². The van der Waals surface area contributed by atoms with Gasteiger partial charge >= 0.3 is 0 Å². The minimum absolute atomic E-state index is 0.511. The van der Waals surface area contributed by atoms with E-state index in [1.54, 1.807) is 0 Å². The Bertz CT molecular complexity index is 234. The lowest BCUT2D eigenvalue weighted by atomic mass is 9.76. The van der Waals surface area contributed by atoms with Crippen LogP contribution in [0.2, 0.25) is 0 Å². The summed E-state index contributed by atoms with van der Waals surface area (Å²) in [4.78, 5) is 0. The smallest absolute Gasteiger partial charge is 0.00722 e. The Hall–Kier alpha value is -0.0400. The molecule has 1 nitrogen and oxygen atoms in total. The Morgan fingerprint density at radius 3 is 2.17 bits per heavy atom. The zero-order chi connectivity index (χ0) is 13.0. The van der Waals surface area contributed by atoms with Crippen LogP contribution >= 0.6 is 0 Å². The molecule has 2 aliphatic carbocycles. The summed E-state index contributed by atoms with van der Waals surface area (Å²) in [6.45, 7) is 7.18. The standard InChI is InChI=1S/C17H33N/c1-17(2,3)13-14-8-7-11-16(12-14)18-15-9-5-4-6-10-15/h14-16,18H,4-13H2,1-3H3. The fraction of sp³-hybridized carbons (Fsp3) is 1.00. The van der Waals surface area contributed by atoms with Crippen LogP contribution in [-0.4, -0.2) is 12.1 Å². The second-order valence-corrected chi connectivity index (χ2v) is 8.00. The van der Waals surface area contributed by atoms with E-state index in [0.717, 1.165) is 18.0 Å². The summed E-state index contributed by atoms with van der Waals surface area (Å²) in [5.74, 6) is 0.972. The van der Waals surface area contributed by atoms with Gasteiger partial charge in [0.25, 0.3) is 0 Å². The molecule has 0 bridgehead atoms. The summed E-state index contributed by atoms with van der Waals surface area (Å²) in [7, 11) is 0. The molecule has 106 valence electrons. The molecule has 2 aliphatic rings. The van der Waals surface area contributed by atoms with Gasteiger partial charge in [-0.25, -0.2) is 0 Å². The van der Waals surface area contributed by atoms with E-state index in [0.29, 0.717) is 5.41 Å². The molecule has 0 aromatic rings. The molecule has 0 spiro atoms. The van der Waals surface area contributed by atoms with Crippen molar-refractivity contribution in [3.8, 4) is 0 Å². The molecule has 0 heterocycles. The topological polar surface area (TPSA) is 12.0 Å². The summed E-state index contributed by atoms with van der Waals surface area (Å²) >= 11 is 0. The molecule has 1 heteroatoms. The van der Waals surface area contributed by atoms with Crippen LogP contribution in [0.5, 0.6) is 0 Å². The molecule has 18 heavy (non-hydrogen) atoms. The predicted molar refractivity (Wildman–Crippen MR) is 79.8 cm³/mol. The van der Waals surface area contributed by atoms with E-state index in [4.69, 9.17) is 0 Å². The molecule has 0 aromatic heterocycles. The second-order valence-electron chi connectivity index (χ2n) is 8.00. The van der Waals surface area contributed by atoms with Crippen molar-refractivity contribution in [2.75, 3.05) is 0 Å². The van der Waals surface area contributed by atoms with Crippen LogP contribution in [0.4, 0.5) is 0 Å². The second kappa shape index (κ2) is 6.41. The predicted octanol–water partition coefficient (Wildman–Crippen LogP) is 4.90. The normalized spacial score (nSPS) is 31.5. The van der Waals surface area contributed by atoms with Crippen molar-refractivity contribution < 1.29 is 0 Å². The zero-order valence-corrected chi connectivity index (χ0v) is 12.8. The average Bonchev–Trinajstić information content (AvgIpc) is 2.28. The molecule has 2 atom stereocenters. The van der Waals surface area contributed by atoms with Gasteiger partial charge in [0.2, 0.25) is 0 Å². The summed E-state index contributed by atoms with van der Waals surface area (Å²) in [5.41, 5.74) is 0.511. The molecule has 0 aromatic carbocycles. The zero-order valence-electron chi connectivity index (χ0n) is 12.8. The first-order valence-corrected chi connectivity index (χ1v) is 8.29. The molecule has 0 aliphatic heterocycles. The Labute approximate surface area is 114 Å². The maximum atomic E-state index is 3.97. The molecule has 0 radical (unpaired) electrons. The Kier molecular flexibility index (Phi) is 5.12. The van der Waals surface area contributed by atoms with Crippen LogP contribution < -0.4 is 5.32 Å². The van der Waals surface area contributed by atoms with Gasteiger partial charge in [-0.1, -0.05) is 52.9 Å². The van der Waals surface area contributed by atoms with Gasteiger partial charge in [-0.2, -0.15) is 0 Å². The number of hydrogen-bond donors (Lipinski definition) is 1. The van der Waals surface area contributed by atoms with Gasteiger partial charge in [0.15, 0.2) is 0 Å². The summed E-state index contributed by atoms with van der Waals surface area (Å²) < 4.78 is 0. The van der Waals surface area contributed by atoms with Gasteiger partial charge in [-0.05, 0) is 43.4 Å². The van der Waals surface area contributed by atoms with E-state index in [9.17, 15) is 0 Å². The van der Waals surface area contributed by atoms with E-state index in [-0.39, 0.29) is 0 Å². The maximum absolute atomic E-state index is 3.97. The highest BCUT2D eigenvalue weighted by Crippen LogP contribution is 2.34. The third kappa shape index (κ3) is 4.91. The monoisotopic (exact) mass is 251 g/mol. The first-order chi connectivity index (χ1) is 8.53.